The average molecular weight is 337 g/mol. The van der Waals surface area contributed by atoms with E-state index in [1.54, 1.807) is 0 Å². The van der Waals surface area contributed by atoms with E-state index in [0.29, 0.717) is 6.42 Å². The van der Waals surface area contributed by atoms with Crippen molar-refractivity contribution in [2.75, 3.05) is 0 Å². The van der Waals surface area contributed by atoms with Gasteiger partial charge in [-0.25, -0.2) is 4.79 Å². The second-order valence-electron chi connectivity index (χ2n) is 1.70. The van der Waals surface area contributed by atoms with Gasteiger partial charge in [-0.1, -0.05) is 54.4 Å². The van der Waals surface area contributed by atoms with E-state index in [2.05, 4.69) is 54.4 Å². The summed E-state index contributed by atoms with van der Waals surface area (Å²) >= 11 is 9.47. The van der Waals surface area contributed by atoms with Crippen LogP contribution in [0.15, 0.2) is 12.2 Å². The van der Waals surface area contributed by atoms with Gasteiger partial charge in [0.2, 0.25) is 0 Å². The lowest BCUT2D eigenvalue weighted by molar-refractivity contribution is -0.132. The van der Waals surface area contributed by atoms with E-state index in [4.69, 9.17) is 5.11 Å². The number of carbonyl (C=O) groups is 1. The monoisotopic (exact) mass is 334 g/mol. The number of hydrogen-bond acceptors (Lipinski definition) is 1. The van der Waals surface area contributed by atoms with Gasteiger partial charge in [-0.3, -0.25) is 0 Å². The molecule has 0 aliphatic carbocycles. The third kappa shape index (κ3) is 5.44. The molecule has 0 amide bonds. The maximum atomic E-state index is 10.2. The van der Waals surface area contributed by atoms with Gasteiger partial charge in [0.05, 0.1) is 0 Å². The van der Waals surface area contributed by atoms with E-state index in [1.165, 1.54) is 0 Å². The third-order valence-electron chi connectivity index (χ3n) is 0.716. The van der Waals surface area contributed by atoms with Gasteiger partial charge in [0.1, 0.15) is 2.14 Å². The molecule has 0 spiro atoms. The lowest BCUT2D eigenvalue weighted by Crippen LogP contribution is -2.07. The predicted molar refractivity (Wildman–Crippen MR) is 50.9 cm³/mol. The zero-order valence-electron chi connectivity index (χ0n) is 4.90. The summed E-state index contributed by atoms with van der Waals surface area (Å²) in [5.41, 5.74) is 0.144. The van der Waals surface area contributed by atoms with Gasteiger partial charge in [0.25, 0.3) is 0 Å². The molecule has 0 fully saturated rings. The van der Waals surface area contributed by atoms with E-state index in [0.717, 1.165) is 0 Å². The minimum absolute atomic E-state index is 0.144. The van der Waals surface area contributed by atoms with Crippen LogP contribution in [0.3, 0.4) is 0 Å². The molecule has 0 aliphatic rings. The second-order valence-corrected chi connectivity index (χ2v) is 8.95. The summed E-state index contributed by atoms with van der Waals surface area (Å²) in [4.78, 5) is 10.2. The summed E-state index contributed by atoms with van der Waals surface area (Å²) in [6, 6.07) is 0. The number of alkyl halides is 3. The highest BCUT2D eigenvalue weighted by Crippen LogP contribution is 2.39. The highest BCUT2D eigenvalue weighted by molar-refractivity contribution is 9.39. The predicted octanol–water partition coefficient (Wildman–Crippen LogP) is 2.86. The van der Waals surface area contributed by atoms with Crippen molar-refractivity contribution in [3.05, 3.63) is 12.2 Å². The van der Waals surface area contributed by atoms with Crippen LogP contribution in [0.4, 0.5) is 0 Å². The zero-order chi connectivity index (χ0) is 8.36. The molecule has 0 aliphatic heterocycles. The molecule has 0 aromatic carbocycles. The van der Waals surface area contributed by atoms with Gasteiger partial charge in [-0.05, 0) is 0 Å². The molecule has 58 valence electrons. The van der Waals surface area contributed by atoms with Crippen LogP contribution < -0.4 is 0 Å². The largest absolute Gasteiger partial charge is 0.478 e. The fourth-order valence-electron chi connectivity index (χ4n) is 0.318. The van der Waals surface area contributed by atoms with Gasteiger partial charge in [0.15, 0.2) is 0 Å². The smallest absolute Gasteiger partial charge is 0.331 e. The number of halogens is 3. The first-order valence-corrected chi connectivity index (χ1v) is 4.68. The quantitative estimate of drug-likeness (QED) is 0.622. The van der Waals surface area contributed by atoms with Gasteiger partial charge in [0, 0.05) is 12.0 Å². The fourth-order valence-corrected chi connectivity index (χ4v) is 1.33. The Morgan fingerprint density at radius 3 is 2.00 bits per heavy atom. The van der Waals surface area contributed by atoms with Crippen molar-refractivity contribution in [2.45, 2.75) is 8.56 Å². The topological polar surface area (TPSA) is 37.3 Å². The highest BCUT2D eigenvalue weighted by Gasteiger charge is 2.21. The Kier molecular flexibility index (Phi) is 4.13. The molecular formula is C5H5Br3O2. The van der Waals surface area contributed by atoms with Gasteiger partial charge >= 0.3 is 5.97 Å². The Bertz CT molecular complexity index is 159. The number of aliphatic carboxylic acids is 1. The minimum Gasteiger partial charge on any atom is -0.478 e. The maximum absolute atomic E-state index is 10.2. The number of carboxylic acids is 1. The molecule has 0 saturated carbocycles. The van der Waals surface area contributed by atoms with Gasteiger partial charge in [-0.2, -0.15) is 0 Å². The summed E-state index contributed by atoms with van der Waals surface area (Å²) in [5, 5.41) is 8.38. The number of carboxylic acid groups (broad SMARTS) is 1. The normalized spacial score (nSPS) is 11.1. The van der Waals surface area contributed by atoms with Crippen molar-refractivity contribution in [1.82, 2.24) is 0 Å². The molecule has 0 bridgehead atoms. The van der Waals surface area contributed by atoms with E-state index < -0.39 is 8.11 Å². The van der Waals surface area contributed by atoms with Crippen molar-refractivity contribution in [1.29, 1.82) is 0 Å². The molecule has 0 unspecified atom stereocenters. The molecule has 0 aromatic rings. The first kappa shape index (κ1) is 10.7. The Morgan fingerprint density at radius 1 is 1.50 bits per heavy atom. The Balaban J connectivity index is 3.93. The minimum atomic E-state index is -0.984. The first-order chi connectivity index (χ1) is 4.33. The van der Waals surface area contributed by atoms with Crippen molar-refractivity contribution in [3.8, 4) is 0 Å². The molecule has 0 atom stereocenters. The van der Waals surface area contributed by atoms with Crippen LogP contribution in [-0.4, -0.2) is 13.2 Å². The molecule has 0 aromatic heterocycles. The van der Waals surface area contributed by atoms with Crippen LogP contribution in [0.2, 0.25) is 0 Å². The Labute approximate surface area is 84.1 Å². The van der Waals surface area contributed by atoms with Crippen LogP contribution in [0.1, 0.15) is 6.42 Å². The third-order valence-corrected chi connectivity index (χ3v) is 1.56. The standard InChI is InChI=1S/C5H5Br3O2/c1-3(4(9)10)2-5(6,7)8/h1-2H2,(H,9,10). The molecule has 10 heavy (non-hydrogen) atoms. The van der Waals surface area contributed by atoms with Crippen LogP contribution in [0, 0.1) is 0 Å². The van der Waals surface area contributed by atoms with E-state index in [9.17, 15) is 4.79 Å². The van der Waals surface area contributed by atoms with E-state index in [-0.39, 0.29) is 5.57 Å². The van der Waals surface area contributed by atoms with Gasteiger partial charge < -0.3 is 5.11 Å². The summed E-state index contributed by atoms with van der Waals surface area (Å²) < 4.78 is -0.539. The fraction of sp³-hybridized carbons (Fsp3) is 0.400. The van der Waals surface area contributed by atoms with E-state index in [1.807, 2.05) is 0 Å². The van der Waals surface area contributed by atoms with E-state index >= 15 is 0 Å². The van der Waals surface area contributed by atoms with Crippen molar-refractivity contribution in [2.24, 2.45) is 0 Å². The molecule has 0 radical (unpaired) electrons. The zero-order valence-corrected chi connectivity index (χ0v) is 9.66. The van der Waals surface area contributed by atoms with Crippen LogP contribution >= 0.6 is 47.8 Å². The summed E-state index contributed by atoms with van der Waals surface area (Å²) in [5.74, 6) is -0.984. The average Bonchev–Trinajstić information content (AvgIpc) is 1.60. The van der Waals surface area contributed by atoms with Crippen LogP contribution in [-0.2, 0) is 4.79 Å². The molecule has 1 N–H and O–H groups in total. The Hall–Kier alpha value is 0.650. The molecule has 0 heterocycles. The van der Waals surface area contributed by atoms with Crippen LogP contribution in [0.25, 0.3) is 0 Å². The van der Waals surface area contributed by atoms with Crippen molar-refractivity contribution < 1.29 is 9.90 Å². The Morgan fingerprint density at radius 2 is 1.90 bits per heavy atom. The first-order valence-electron chi connectivity index (χ1n) is 2.31. The summed E-state index contributed by atoms with van der Waals surface area (Å²) in [6.45, 7) is 3.35. The van der Waals surface area contributed by atoms with Crippen molar-refractivity contribution >= 4 is 53.8 Å². The molecule has 2 nitrogen and oxygen atoms in total. The van der Waals surface area contributed by atoms with Crippen LogP contribution in [0.5, 0.6) is 0 Å². The highest BCUT2D eigenvalue weighted by atomic mass is 80.0. The lowest BCUT2D eigenvalue weighted by atomic mass is 10.2. The maximum Gasteiger partial charge on any atom is 0.331 e. The molecule has 0 saturated heterocycles. The molecule has 0 rings (SSSR count). The van der Waals surface area contributed by atoms with Gasteiger partial charge in [-0.15, -0.1) is 0 Å². The summed E-state index contributed by atoms with van der Waals surface area (Å²) in [6.07, 6.45) is 0.294. The lowest BCUT2D eigenvalue weighted by Gasteiger charge is -2.10. The molecular weight excluding hydrogens is 332 g/mol. The SMILES string of the molecule is C=C(CC(Br)(Br)Br)C(=O)O. The van der Waals surface area contributed by atoms with Crippen molar-refractivity contribution in [3.63, 3.8) is 0 Å². The summed E-state index contributed by atoms with van der Waals surface area (Å²) in [7, 11) is 0. The second kappa shape index (κ2) is 3.88. The number of hydrogen-bond donors (Lipinski definition) is 1. The number of rotatable bonds is 2. The molecule has 5 heteroatoms.